The number of ether oxygens (including phenoxy) is 2. The van der Waals surface area contributed by atoms with Gasteiger partial charge in [-0.25, -0.2) is 4.98 Å². The number of fused-ring (bicyclic) bond motifs is 1. The highest BCUT2D eigenvalue weighted by molar-refractivity contribution is 6.07. The first-order chi connectivity index (χ1) is 16.6. The van der Waals surface area contributed by atoms with Crippen molar-refractivity contribution in [3.8, 4) is 11.5 Å². The third kappa shape index (κ3) is 5.46. The van der Waals surface area contributed by atoms with Crippen LogP contribution in [0.4, 0.5) is 11.5 Å². The minimum absolute atomic E-state index is 0.0295. The van der Waals surface area contributed by atoms with Gasteiger partial charge in [-0.05, 0) is 49.6 Å². The first kappa shape index (κ1) is 23.1. The molecular weight excluding hydrogens is 426 g/mol. The zero-order valence-electron chi connectivity index (χ0n) is 19.7. The van der Waals surface area contributed by atoms with Gasteiger partial charge < -0.3 is 20.1 Å². The topological polar surface area (TPSA) is 72.5 Å². The summed E-state index contributed by atoms with van der Waals surface area (Å²) in [5.41, 5.74) is 3.37. The molecule has 0 aliphatic heterocycles. The number of nitrogens with zero attached hydrogens (tertiary/aromatic N) is 1. The van der Waals surface area contributed by atoms with Gasteiger partial charge in [0.1, 0.15) is 5.82 Å². The summed E-state index contributed by atoms with van der Waals surface area (Å²) in [6.45, 7) is 2.03. The summed E-state index contributed by atoms with van der Waals surface area (Å²) in [6, 6.07) is 25.3. The standard InChI is InChI=1S/C28H29N3O3/c1-19(13-14-20-9-5-4-6-10-20)29-28(32)23-18-27(31-24-12-8-7-11-22(23)24)30-21-15-16-25(33-2)26(17-21)34-3/h4-12,15-19H,13-14H2,1-3H3,(H,29,32)(H,30,31)/t19-/m0/s1. The molecule has 0 bridgehead atoms. The SMILES string of the molecule is COc1ccc(Nc2cc(C(=O)N[C@@H](C)CCc3ccccc3)c3ccccc3n2)cc1OC. The highest BCUT2D eigenvalue weighted by Crippen LogP contribution is 2.31. The molecule has 0 aliphatic rings. The number of aromatic nitrogens is 1. The lowest BCUT2D eigenvalue weighted by atomic mass is 10.0. The first-order valence-electron chi connectivity index (χ1n) is 11.3. The van der Waals surface area contributed by atoms with Crippen molar-refractivity contribution in [3.05, 3.63) is 90.0 Å². The van der Waals surface area contributed by atoms with E-state index in [9.17, 15) is 4.79 Å². The molecule has 1 atom stereocenters. The maximum absolute atomic E-state index is 13.3. The Balaban J connectivity index is 1.55. The molecule has 2 N–H and O–H groups in total. The number of carbonyl (C=O) groups is 1. The zero-order valence-corrected chi connectivity index (χ0v) is 19.7. The Labute approximate surface area is 199 Å². The van der Waals surface area contributed by atoms with Crippen molar-refractivity contribution in [2.45, 2.75) is 25.8 Å². The van der Waals surface area contributed by atoms with E-state index in [-0.39, 0.29) is 11.9 Å². The minimum Gasteiger partial charge on any atom is -0.493 e. The number of hydrogen-bond donors (Lipinski definition) is 2. The molecule has 1 heterocycles. The van der Waals surface area contributed by atoms with Crippen molar-refractivity contribution in [3.63, 3.8) is 0 Å². The normalized spacial score (nSPS) is 11.6. The van der Waals surface area contributed by atoms with E-state index in [4.69, 9.17) is 14.5 Å². The summed E-state index contributed by atoms with van der Waals surface area (Å²) in [6.07, 6.45) is 1.76. The van der Waals surface area contributed by atoms with E-state index in [0.29, 0.717) is 22.9 Å². The molecule has 1 aromatic heterocycles. The van der Waals surface area contributed by atoms with Crippen molar-refractivity contribution in [1.29, 1.82) is 0 Å². The number of rotatable bonds is 9. The van der Waals surface area contributed by atoms with Gasteiger partial charge in [0.15, 0.2) is 11.5 Å². The number of methoxy groups -OCH3 is 2. The number of anilines is 2. The van der Waals surface area contributed by atoms with Crippen LogP contribution in [-0.2, 0) is 6.42 Å². The lowest BCUT2D eigenvalue weighted by Gasteiger charge is -2.16. The van der Waals surface area contributed by atoms with Crippen molar-refractivity contribution < 1.29 is 14.3 Å². The highest BCUT2D eigenvalue weighted by Gasteiger charge is 2.16. The summed E-state index contributed by atoms with van der Waals surface area (Å²) in [5, 5.41) is 7.26. The van der Waals surface area contributed by atoms with Gasteiger partial charge in [0.2, 0.25) is 0 Å². The summed E-state index contributed by atoms with van der Waals surface area (Å²) in [7, 11) is 3.19. The predicted molar refractivity (Wildman–Crippen MR) is 136 cm³/mol. The van der Waals surface area contributed by atoms with Crippen molar-refractivity contribution in [1.82, 2.24) is 10.3 Å². The van der Waals surface area contributed by atoms with Crippen LogP contribution >= 0.6 is 0 Å². The Morgan fingerprint density at radius 2 is 1.65 bits per heavy atom. The van der Waals surface area contributed by atoms with Gasteiger partial charge in [0.25, 0.3) is 5.91 Å². The average molecular weight is 456 g/mol. The second-order valence-electron chi connectivity index (χ2n) is 8.17. The second-order valence-corrected chi connectivity index (χ2v) is 8.17. The van der Waals surface area contributed by atoms with Crippen LogP contribution in [0.25, 0.3) is 10.9 Å². The van der Waals surface area contributed by atoms with E-state index in [1.165, 1.54) is 5.56 Å². The number of carbonyl (C=O) groups excluding carboxylic acids is 1. The number of aryl methyl sites for hydroxylation is 1. The van der Waals surface area contributed by atoms with Gasteiger partial charge in [-0.15, -0.1) is 0 Å². The van der Waals surface area contributed by atoms with Crippen LogP contribution in [-0.4, -0.2) is 31.2 Å². The van der Waals surface area contributed by atoms with Crippen LogP contribution in [0.2, 0.25) is 0 Å². The van der Waals surface area contributed by atoms with E-state index in [1.54, 1.807) is 20.3 Å². The monoisotopic (exact) mass is 455 g/mol. The van der Waals surface area contributed by atoms with E-state index in [0.717, 1.165) is 29.4 Å². The minimum atomic E-state index is -0.116. The largest absolute Gasteiger partial charge is 0.493 e. The quantitative estimate of drug-likeness (QED) is 0.336. The van der Waals surface area contributed by atoms with Crippen LogP contribution < -0.4 is 20.1 Å². The molecule has 0 saturated carbocycles. The first-order valence-corrected chi connectivity index (χ1v) is 11.3. The molecule has 0 saturated heterocycles. The van der Waals surface area contributed by atoms with Gasteiger partial charge in [-0.1, -0.05) is 48.5 Å². The summed E-state index contributed by atoms with van der Waals surface area (Å²) in [4.78, 5) is 18.0. The molecule has 174 valence electrons. The molecule has 4 rings (SSSR count). The number of hydrogen-bond acceptors (Lipinski definition) is 5. The molecule has 0 radical (unpaired) electrons. The fourth-order valence-corrected chi connectivity index (χ4v) is 3.89. The van der Waals surface area contributed by atoms with Gasteiger partial charge in [0, 0.05) is 23.2 Å². The molecule has 0 unspecified atom stereocenters. The fourth-order valence-electron chi connectivity index (χ4n) is 3.89. The molecule has 6 nitrogen and oxygen atoms in total. The van der Waals surface area contributed by atoms with Crippen LogP contribution in [0.1, 0.15) is 29.3 Å². The second kappa shape index (κ2) is 10.7. The molecule has 34 heavy (non-hydrogen) atoms. The van der Waals surface area contributed by atoms with Gasteiger partial charge in [-0.2, -0.15) is 0 Å². The molecular formula is C28H29N3O3. The van der Waals surface area contributed by atoms with E-state index in [2.05, 4.69) is 22.8 Å². The average Bonchev–Trinajstić information content (AvgIpc) is 2.87. The summed E-state index contributed by atoms with van der Waals surface area (Å²) >= 11 is 0. The summed E-state index contributed by atoms with van der Waals surface area (Å²) in [5.74, 6) is 1.71. The molecule has 4 aromatic rings. The van der Waals surface area contributed by atoms with Crippen LogP contribution in [0, 0.1) is 0 Å². The van der Waals surface area contributed by atoms with E-state index in [1.807, 2.05) is 67.6 Å². The van der Waals surface area contributed by atoms with Crippen molar-refractivity contribution in [2.75, 3.05) is 19.5 Å². The van der Waals surface area contributed by atoms with Crippen LogP contribution in [0.3, 0.4) is 0 Å². The van der Waals surface area contributed by atoms with E-state index < -0.39 is 0 Å². The Bertz CT molecular complexity index is 1270. The number of amides is 1. The maximum Gasteiger partial charge on any atom is 0.252 e. The number of para-hydroxylation sites is 1. The Kier molecular flexibility index (Phi) is 7.28. The summed E-state index contributed by atoms with van der Waals surface area (Å²) < 4.78 is 10.7. The third-order valence-corrected chi connectivity index (χ3v) is 5.70. The Morgan fingerprint density at radius 3 is 2.41 bits per heavy atom. The maximum atomic E-state index is 13.3. The smallest absolute Gasteiger partial charge is 0.252 e. The van der Waals surface area contributed by atoms with Crippen molar-refractivity contribution in [2.24, 2.45) is 0 Å². The molecule has 1 amide bonds. The van der Waals surface area contributed by atoms with Crippen LogP contribution in [0.5, 0.6) is 11.5 Å². The highest BCUT2D eigenvalue weighted by atomic mass is 16.5. The Hall–Kier alpha value is -4.06. The third-order valence-electron chi connectivity index (χ3n) is 5.70. The van der Waals surface area contributed by atoms with Gasteiger partial charge in [-0.3, -0.25) is 4.79 Å². The lowest BCUT2D eigenvalue weighted by molar-refractivity contribution is 0.0940. The molecule has 6 heteroatoms. The molecule has 3 aromatic carbocycles. The predicted octanol–water partition coefficient (Wildman–Crippen LogP) is 5.75. The number of nitrogens with one attached hydrogen (secondary N) is 2. The fraction of sp³-hybridized carbons (Fsp3) is 0.214. The van der Waals surface area contributed by atoms with E-state index >= 15 is 0 Å². The molecule has 0 spiro atoms. The van der Waals surface area contributed by atoms with Crippen LogP contribution in [0.15, 0.2) is 78.9 Å². The number of pyridine rings is 1. The van der Waals surface area contributed by atoms with Crippen molar-refractivity contribution >= 4 is 28.3 Å². The number of benzene rings is 3. The Morgan fingerprint density at radius 1 is 0.912 bits per heavy atom. The molecule has 0 aliphatic carbocycles. The molecule has 0 fully saturated rings. The van der Waals surface area contributed by atoms with Gasteiger partial charge >= 0.3 is 0 Å². The van der Waals surface area contributed by atoms with Gasteiger partial charge in [0.05, 0.1) is 25.3 Å². The zero-order chi connectivity index (χ0) is 23.9. The lowest BCUT2D eigenvalue weighted by Crippen LogP contribution is -2.33.